The number of rotatable bonds is 2. The van der Waals surface area contributed by atoms with Crippen molar-refractivity contribution in [1.82, 2.24) is 14.9 Å². The third-order valence-corrected chi connectivity index (χ3v) is 3.47. The molecule has 2 aromatic rings. The zero-order chi connectivity index (χ0) is 13.2. The van der Waals surface area contributed by atoms with Crippen LogP contribution in [0.1, 0.15) is 26.2 Å². The molecule has 1 fully saturated rings. The summed E-state index contributed by atoms with van der Waals surface area (Å²) < 4.78 is 5.23. The summed E-state index contributed by atoms with van der Waals surface area (Å²) in [6.07, 6.45) is 6.65. The molecule has 2 aromatic heterocycles. The van der Waals surface area contributed by atoms with Gasteiger partial charge in [-0.1, -0.05) is 4.79 Å². The maximum Gasteiger partial charge on any atom is 0.457 e. The molecule has 1 aliphatic rings. The second kappa shape index (κ2) is 4.87. The van der Waals surface area contributed by atoms with E-state index in [1.165, 1.54) is 11.2 Å². The van der Waals surface area contributed by atoms with Crippen LogP contribution in [0.15, 0.2) is 33.7 Å². The zero-order valence-electron chi connectivity index (χ0n) is 10.8. The largest absolute Gasteiger partial charge is 0.457 e. The lowest BCUT2D eigenvalue weighted by atomic mass is 10.1. The molecule has 100 valence electrons. The summed E-state index contributed by atoms with van der Waals surface area (Å²) in [6, 6.07) is 3.85. The van der Waals surface area contributed by atoms with Crippen molar-refractivity contribution in [3.8, 4) is 11.5 Å². The number of aromatic nitrogens is 3. The summed E-state index contributed by atoms with van der Waals surface area (Å²) in [5.74, 6) is -0.0919. The molecule has 3 rings (SSSR count). The molecule has 0 bridgehead atoms. The van der Waals surface area contributed by atoms with Crippen molar-refractivity contribution in [2.24, 2.45) is 0 Å². The summed E-state index contributed by atoms with van der Waals surface area (Å²) in [4.78, 5) is 17.2. The Labute approximate surface area is 110 Å². The molecular formula is C13H16N4O2. The van der Waals surface area contributed by atoms with E-state index in [4.69, 9.17) is 4.42 Å². The predicted molar refractivity (Wildman–Crippen MR) is 70.4 cm³/mol. The van der Waals surface area contributed by atoms with Crippen LogP contribution >= 0.6 is 0 Å². The van der Waals surface area contributed by atoms with E-state index >= 15 is 0 Å². The molecule has 0 aliphatic carbocycles. The standard InChI is InChI=1S/C13H16N4O2/c1-10-4-2-3-9-16(10)17-13(18)19-12(15-17)11-5-7-14-8-6-11/h5-8,10H,2-4,9H2,1H3. The SMILES string of the molecule is CC1CCCCN1n1nc(-c2ccncc2)oc1=O. The minimum absolute atomic E-state index is 0.307. The number of hydrogen-bond acceptors (Lipinski definition) is 5. The van der Waals surface area contributed by atoms with Crippen LogP contribution in [0, 0.1) is 0 Å². The van der Waals surface area contributed by atoms with E-state index in [1.54, 1.807) is 24.5 Å². The Morgan fingerprint density at radius 2 is 2.11 bits per heavy atom. The third kappa shape index (κ3) is 2.25. The van der Waals surface area contributed by atoms with Crippen molar-refractivity contribution < 1.29 is 4.42 Å². The highest BCUT2D eigenvalue weighted by molar-refractivity contribution is 5.50. The van der Waals surface area contributed by atoms with Crippen LogP contribution in [0.25, 0.3) is 11.5 Å². The molecule has 6 nitrogen and oxygen atoms in total. The van der Waals surface area contributed by atoms with Crippen LogP contribution in [0.2, 0.25) is 0 Å². The number of pyridine rings is 1. The van der Waals surface area contributed by atoms with Crippen molar-refractivity contribution in [3.63, 3.8) is 0 Å². The molecule has 0 aromatic carbocycles. The van der Waals surface area contributed by atoms with Gasteiger partial charge in [-0.3, -0.25) is 9.99 Å². The van der Waals surface area contributed by atoms with Gasteiger partial charge in [0.2, 0.25) is 0 Å². The summed E-state index contributed by atoms with van der Waals surface area (Å²) in [5, 5.41) is 6.26. The molecule has 1 atom stereocenters. The third-order valence-electron chi connectivity index (χ3n) is 3.47. The topological polar surface area (TPSA) is 64.2 Å². The highest BCUT2D eigenvalue weighted by atomic mass is 16.4. The van der Waals surface area contributed by atoms with Gasteiger partial charge in [-0.25, -0.2) is 4.79 Å². The fraction of sp³-hybridized carbons (Fsp3) is 0.462. The lowest BCUT2D eigenvalue weighted by Crippen LogP contribution is -2.49. The first-order chi connectivity index (χ1) is 9.25. The van der Waals surface area contributed by atoms with E-state index in [9.17, 15) is 4.79 Å². The first kappa shape index (κ1) is 12.0. The van der Waals surface area contributed by atoms with E-state index in [2.05, 4.69) is 17.0 Å². The Morgan fingerprint density at radius 1 is 1.32 bits per heavy atom. The Hall–Kier alpha value is -2.11. The summed E-state index contributed by atoms with van der Waals surface area (Å²) in [6.45, 7) is 2.94. The second-order valence-corrected chi connectivity index (χ2v) is 4.81. The number of hydrogen-bond donors (Lipinski definition) is 0. The monoisotopic (exact) mass is 260 g/mol. The van der Waals surface area contributed by atoms with Gasteiger partial charge in [0.1, 0.15) is 0 Å². The summed E-state index contributed by atoms with van der Waals surface area (Å²) in [7, 11) is 0. The molecule has 0 amide bonds. The van der Waals surface area contributed by atoms with Gasteiger partial charge in [0, 0.05) is 30.5 Å². The van der Waals surface area contributed by atoms with Crippen molar-refractivity contribution in [2.45, 2.75) is 32.2 Å². The van der Waals surface area contributed by atoms with Gasteiger partial charge < -0.3 is 4.42 Å². The quantitative estimate of drug-likeness (QED) is 0.816. The molecule has 19 heavy (non-hydrogen) atoms. The smallest absolute Gasteiger partial charge is 0.386 e. The van der Waals surface area contributed by atoms with Gasteiger partial charge in [-0.15, -0.1) is 5.10 Å². The fourth-order valence-electron chi connectivity index (χ4n) is 2.41. The maximum absolute atomic E-state index is 11.9. The van der Waals surface area contributed by atoms with Crippen molar-refractivity contribution >= 4 is 0 Å². The molecule has 0 N–H and O–H groups in total. The van der Waals surface area contributed by atoms with Gasteiger partial charge in [0.05, 0.1) is 0 Å². The van der Waals surface area contributed by atoms with Crippen LogP contribution in [0.3, 0.4) is 0 Å². The first-order valence-corrected chi connectivity index (χ1v) is 6.53. The average Bonchev–Trinajstić information content (AvgIpc) is 2.82. The Kier molecular flexibility index (Phi) is 3.06. The number of piperidine rings is 1. The Bertz CT molecular complexity index is 605. The molecule has 3 heterocycles. The van der Waals surface area contributed by atoms with Crippen molar-refractivity contribution in [1.29, 1.82) is 0 Å². The maximum atomic E-state index is 11.9. The van der Waals surface area contributed by atoms with E-state index in [1.807, 2.05) is 5.01 Å². The number of nitrogens with zero attached hydrogens (tertiary/aromatic N) is 4. The lowest BCUT2D eigenvalue weighted by Gasteiger charge is -2.33. The van der Waals surface area contributed by atoms with E-state index < -0.39 is 5.76 Å². The lowest BCUT2D eigenvalue weighted by molar-refractivity contribution is 0.356. The Balaban J connectivity index is 1.96. The van der Waals surface area contributed by atoms with Crippen LogP contribution in [0.4, 0.5) is 0 Å². The highest BCUT2D eigenvalue weighted by Crippen LogP contribution is 2.17. The second-order valence-electron chi connectivity index (χ2n) is 4.81. The van der Waals surface area contributed by atoms with Gasteiger partial charge >= 0.3 is 5.76 Å². The molecule has 0 spiro atoms. The van der Waals surface area contributed by atoms with E-state index in [0.717, 1.165) is 24.9 Å². The first-order valence-electron chi connectivity index (χ1n) is 6.53. The van der Waals surface area contributed by atoms with Gasteiger partial charge in [-0.2, -0.15) is 0 Å². The van der Waals surface area contributed by atoms with Crippen molar-refractivity contribution in [2.75, 3.05) is 11.6 Å². The van der Waals surface area contributed by atoms with Crippen LogP contribution in [0.5, 0.6) is 0 Å². The molecule has 1 aliphatic heterocycles. The average molecular weight is 260 g/mol. The van der Waals surface area contributed by atoms with Gasteiger partial charge in [0.25, 0.3) is 5.89 Å². The van der Waals surface area contributed by atoms with Gasteiger partial charge in [0.15, 0.2) is 0 Å². The van der Waals surface area contributed by atoms with Gasteiger partial charge in [-0.05, 0) is 38.3 Å². The molecule has 6 heteroatoms. The van der Waals surface area contributed by atoms with E-state index in [-0.39, 0.29) is 0 Å². The molecule has 0 radical (unpaired) electrons. The normalized spacial score (nSPS) is 19.6. The van der Waals surface area contributed by atoms with E-state index in [0.29, 0.717) is 11.9 Å². The summed E-state index contributed by atoms with van der Waals surface area (Å²) >= 11 is 0. The molecule has 1 saturated heterocycles. The minimum Gasteiger partial charge on any atom is -0.386 e. The van der Waals surface area contributed by atoms with Crippen LogP contribution in [-0.4, -0.2) is 27.5 Å². The zero-order valence-corrected chi connectivity index (χ0v) is 10.8. The molecular weight excluding hydrogens is 244 g/mol. The van der Waals surface area contributed by atoms with Crippen LogP contribution in [-0.2, 0) is 0 Å². The summed E-state index contributed by atoms with van der Waals surface area (Å²) in [5.41, 5.74) is 0.760. The fourth-order valence-corrected chi connectivity index (χ4v) is 2.41. The Morgan fingerprint density at radius 3 is 2.84 bits per heavy atom. The minimum atomic E-state index is -0.430. The highest BCUT2D eigenvalue weighted by Gasteiger charge is 2.23. The molecule has 0 saturated carbocycles. The predicted octanol–water partition coefficient (Wildman–Crippen LogP) is 1.41. The van der Waals surface area contributed by atoms with Crippen molar-refractivity contribution in [3.05, 3.63) is 35.1 Å². The molecule has 1 unspecified atom stereocenters. The van der Waals surface area contributed by atoms with Crippen LogP contribution < -0.4 is 10.8 Å².